The standard InChI is InChI=1S/C11H21N5/c1-8(2)16(3)7-6-14-10-5-4-9(12)11(13)15-10/h4-5,8H,6-7,12H2,1-3H3,(H3,13,14,15). The van der Waals surface area contributed by atoms with Crippen molar-refractivity contribution in [3.63, 3.8) is 0 Å². The molecule has 1 aromatic rings. The van der Waals surface area contributed by atoms with Crippen LogP contribution in [-0.4, -0.2) is 36.1 Å². The number of nitrogens with two attached hydrogens (primary N) is 2. The summed E-state index contributed by atoms with van der Waals surface area (Å²) in [5.74, 6) is 1.14. The van der Waals surface area contributed by atoms with Crippen LogP contribution in [-0.2, 0) is 0 Å². The lowest BCUT2D eigenvalue weighted by atomic mass is 10.3. The fourth-order valence-corrected chi connectivity index (χ4v) is 1.20. The van der Waals surface area contributed by atoms with Crippen LogP contribution < -0.4 is 16.8 Å². The van der Waals surface area contributed by atoms with Crippen LogP contribution in [0, 0.1) is 0 Å². The molecule has 0 spiro atoms. The number of rotatable bonds is 5. The van der Waals surface area contributed by atoms with E-state index < -0.39 is 0 Å². The van der Waals surface area contributed by atoms with E-state index in [9.17, 15) is 0 Å². The van der Waals surface area contributed by atoms with Crippen molar-refractivity contribution < 1.29 is 0 Å². The van der Waals surface area contributed by atoms with E-state index >= 15 is 0 Å². The molecule has 0 bridgehead atoms. The Balaban J connectivity index is 2.40. The summed E-state index contributed by atoms with van der Waals surface area (Å²) in [6.07, 6.45) is 0. The summed E-state index contributed by atoms with van der Waals surface area (Å²) in [4.78, 5) is 6.40. The molecule has 90 valence electrons. The van der Waals surface area contributed by atoms with Crippen molar-refractivity contribution in [2.75, 3.05) is 36.9 Å². The van der Waals surface area contributed by atoms with Gasteiger partial charge in [0.05, 0.1) is 5.69 Å². The Bertz CT molecular complexity index is 337. The Kier molecular flexibility index (Phi) is 4.37. The molecule has 5 heteroatoms. The molecule has 0 unspecified atom stereocenters. The van der Waals surface area contributed by atoms with E-state index in [-0.39, 0.29) is 0 Å². The largest absolute Gasteiger partial charge is 0.396 e. The fourth-order valence-electron chi connectivity index (χ4n) is 1.20. The molecule has 0 saturated carbocycles. The van der Waals surface area contributed by atoms with Gasteiger partial charge in [-0.3, -0.25) is 0 Å². The minimum absolute atomic E-state index is 0.377. The van der Waals surface area contributed by atoms with Crippen LogP contribution in [0.25, 0.3) is 0 Å². The van der Waals surface area contributed by atoms with E-state index in [1.807, 2.05) is 6.07 Å². The van der Waals surface area contributed by atoms with Gasteiger partial charge in [0.25, 0.3) is 0 Å². The molecule has 0 aliphatic heterocycles. The minimum Gasteiger partial charge on any atom is -0.396 e. The van der Waals surface area contributed by atoms with Gasteiger partial charge in [0, 0.05) is 19.1 Å². The third-order valence-corrected chi connectivity index (χ3v) is 2.61. The summed E-state index contributed by atoms with van der Waals surface area (Å²) in [5, 5.41) is 3.21. The van der Waals surface area contributed by atoms with Gasteiger partial charge >= 0.3 is 0 Å². The Morgan fingerprint density at radius 3 is 2.62 bits per heavy atom. The van der Waals surface area contributed by atoms with Crippen molar-refractivity contribution in [2.24, 2.45) is 0 Å². The van der Waals surface area contributed by atoms with Gasteiger partial charge in [-0.15, -0.1) is 0 Å². The SMILES string of the molecule is CC(C)N(C)CCNc1ccc(N)c(N)n1. The fraction of sp³-hybridized carbons (Fsp3) is 0.545. The molecule has 1 heterocycles. The number of likely N-dealkylation sites (N-methyl/N-ethyl adjacent to an activating group) is 1. The number of nitrogens with zero attached hydrogens (tertiary/aromatic N) is 2. The number of aromatic nitrogens is 1. The van der Waals surface area contributed by atoms with Crippen molar-refractivity contribution in [1.29, 1.82) is 0 Å². The molecule has 16 heavy (non-hydrogen) atoms. The van der Waals surface area contributed by atoms with Crippen molar-refractivity contribution in [1.82, 2.24) is 9.88 Å². The maximum absolute atomic E-state index is 5.61. The summed E-state index contributed by atoms with van der Waals surface area (Å²) in [6, 6.07) is 4.14. The molecule has 5 nitrogen and oxygen atoms in total. The lowest BCUT2D eigenvalue weighted by Crippen LogP contribution is -2.31. The molecule has 0 atom stereocenters. The second kappa shape index (κ2) is 5.55. The van der Waals surface area contributed by atoms with Gasteiger partial charge in [-0.05, 0) is 33.0 Å². The first kappa shape index (κ1) is 12.6. The van der Waals surface area contributed by atoms with Gasteiger partial charge in [-0.25, -0.2) is 4.98 Å². The van der Waals surface area contributed by atoms with E-state index in [2.05, 4.69) is 36.1 Å². The molecular weight excluding hydrogens is 202 g/mol. The Morgan fingerprint density at radius 1 is 1.38 bits per heavy atom. The smallest absolute Gasteiger partial charge is 0.149 e. The van der Waals surface area contributed by atoms with Crippen molar-refractivity contribution in [3.05, 3.63) is 12.1 Å². The van der Waals surface area contributed by atoms with Crippen LogP contribution in [0.4, 0.5) is 17.3 Å². The molecule has 0 aromatic carbocycles. The first-order valence-electron chi connectivity index (χ1n) is 5.47. The van der Waals surface area contributed by atoms with E-state index in [4.69, 9.17) is 11.5 Å². The number of nitrogens with one attached hydrogen (secondary N) is 1. The van der Waals surface area contributed by atoms with Gasteiger partial charge in [0.1, 0.15) is 11.6 Å². The molecule has 1 aromatic heterocycles. The highest BCUT2D eigenvalue weighted by atomic mass is 15.1. The quantitative estimate of drug-likeness (QED) is 0.694. The number of anilines is 3. The minimum atomic E-state index is 0.377. The number of nitrogen functional groups attached to an aromatic ring is 2. The zero-order valence-electron chi connectivity index (χ0n) is 10.2. The maximum atomic E-state index is 5.61. The topological polar surface area (TPSA) is 80.2 Å². The molecule has 0 amide bonds. The predicted molar refractivity (Wildman–Crippen MR) is 69.3 cm³/mol. The maximum Gasteiger partial charge on any atom is 0.149 e. The van der Waals surface area contributed by atoms with E-state index in [1.165, 1.54) is 0 Å². The van der Waals surface area contributed by atoms with Crippen LogP contribution in [0.5, 0.6) is 0 Å². The van der Waals surface area contributed by atoms with Crippen molar-refractivity contribution in [3.8, 4) is 0 Å². The number of hydrogen-bond donors (Lipinski definition) is 3. The number of pyridine rings is 1. The molecule has 1 rings (SSSR count). The van der Waals surface area contributed by atoms with Gasteiger partial charge in [0.2, 0.25) is 0 Å². The summed E-state index contributed by atoms with van der Waals surface area (Å²) in [7, 11) is 2.09. The third kappa shape index (κ3) is 3.58. The van der Waals surface area contributed by atoms with Crippen molar-refractivity contribution in [2.45, 2.75) is 19.9 Å². The predicted octanol–water partition coefficient (Wildman–Crippen LogP) is 0.998. The zero-order chi connectivity index (χ0) is 12.1. The molecule has 0 radical (unpaired) electrons. The molecule has 0 saturated heterocycles. The normalized spacial score (nSPS) is 11.1. The summed E-state index contributed by atoms with van der Waals surface area (Å²) in [5.41, 5.74) is 11.7. The molecular formula is C11H21N5. The summed E-state index contributed by atoms with van der Waals surface area (Å²) < 4.78 is 0. The first-order valence-corrected chi connectivity index (χ1v) is 5.47. The summed E-state index contributed by atoms with van der Waals surface area (Å²) in [6.45, 7) is 6.13. The summed E-state index contributed by atoms with van der Waals surface area (Å²) >= 11 is 0. The van der Waals surface area contributed by atoms with E-state index in [1.54, 1.807) is 6.07 Å². The van der Waals surface area contributed by atoms with Gasteiger partial charge in [-0.2, -0.15) is 0 Å². The van der Waals surface area contributed by atoms with Gasteiger partial charge < -0.3 is 21.7 Å². The molecule has 5 N–H and O–H groups in total. The highest BCUT2D eigenvalue weighted by molar-refractivity contribution is 5.61. The monoisotopic (exact) mass is 223 g/mol. The molecule has 0 fully saturated rings. The van der Waals surface area contributed by atoms with Gasteiger partial charge in [-0.1, -0.05) is 0 Å². The average Bonchev–Trinajstić information content (AvgIpc) is 2.23. The Labute approximate surface area is 96.8 Å². The van der Waals surface area contributed by atoms with Crippen LogP contribution in [0.15, 0.2) is 12.1 Å². The molecule has 0 aliphatic carbocycles. The highest BCUT2D eigenvalue weighted by Crippen LogP contribution is 2.14. The molecule has 0 aliphatic rings. The van der Waals surface area contributed by atoms with Crippen LogP contribution >= 0.6 is 0 Å². The van der Waals surface area contributed by atoms with Crippen LogP contribution in [0.1, 0.15) is 13.8 Å². The second-order valence-electron chi connectivity index (χ2n) is 4.17. The van der Waals surface area contributed by atoms with E-state index in [0.717, 1.165) is 18.9 Å². The Hall–Kier alpha value is -1.49. The van der Waals surface area contributed by atoms with E-state index in [0.29, 0.717) is 17.5 Å². The zero-order valence-corrected chi connectivity index (χ0v) is 10.2. The lowest BCUT2D eigenvalue weighted by molar-refractivity contribution is 0.284. The van der Waals surface area contributed by atoms with Gasteiger partial charge in [0.15, 0.2) is 0 Å². The second-order valence-corrected chi connectivity index (χ2v) is 4.17. The number of hydrogen-bond acceptors (Lipinski definition) is 5. The van der Waals surface area contributed by atoms with Crippen LogP contribution in [0.2, 0.25) is 0 Å². The first-order chi connectivity index (χ1) is 7.50. The van der Waals surface area contributed by atoms with Crippen molar-refractivity contribution >= 4 is 17.3 Å². The Morgan fingerprint density at radius 2 is 2.06 bits per heavy atom. The third-order valence-electron chi connectivity index (χ3n) is 2.61. The average molecular weight is 223 g/mol. The highest BCUT2D eigenvalue weighted by Gasteiger charge is 2.03. The van der Waals surface area contributed by atoms with Crippen LogP contribution in [0.3, 0.4) is 0 Å². The lowest BCUT2D eigenvalue weighted by Gasteiger charge is -2.21.